The molecule has 21 heavy (non-hydrogen) atoms. The fourth-order valence-corrected chi connectivity index (χ4v) is 1.57. The van der Waals surface area contributed by atoms with Gasteiger partial charge in [-0.25, -0.2) is 0 Å². The van der Waals surface area contributed by atoms with Crippen LogP contribution in [0.1, 0.15) is 40.0 Å². The van der Waals surface area contributed by atoms with Crippen molar-refractivity contribution in [3.05, 3.63) is 24.8 Å². The summed E-state index contributed by atoms with van der Waals surface area (Å²) in [6.45, 7) is 11.3. The Hall–Kier alpha value is -0.680. The van der Waals surface area contributed by atoms with E-state index in [1.807, 2.05) is 26.0 Å². The van der Waals surface area contributed by atoms with Crippen LogP contribution in [0, 0.1) is 0 Å². The van der Waals surface area contributed by atoms with Crippen molar-refractivity contribution in [1.29, 1.82) is 0 Å². The van der Waals surface area contributed by atoms with Crippen molar-refractivity contribution in [3.8, 4) is 0 Å². The summed E-state index contributed by atoms with van der Waals surface area (Å²) in [5, 5.41) is 9.12. The molecule has 0 aliphatic rings. The monoisotopic (exact) mass is 300 g/mol. The molecule has 3 unspecified atom stereocenters. The van der Waals surface area contributed by atoms with Crippen LogP contribution >= 0.6 is 0 Å². The number of hydrogen-bond acceptors (Lipinski definition) is 4. The third-order valence-corrected chi connectivity index (χ3v) is 2.75. The van der Waals surface area contributed by atoms with Crippen molar-refractivity contribution in [2.75, 3.05) is 26.4 Å². The molecule has 0 bridgehead atoms. The Morgan fingerprint density at radius 1 is 0.952 bits per heavy atom. The number of hydrogen-bond donors (Lipinski definition) is 1. The van der Waals surface area contributed by atoms with E-state index in [0.717, 1.165) is 19.3 Å². The highest BCUT2D eigenvalue weighted by Crippen LogP contribution is 2.00. The van der Waals surface area contributed by atoms with E-state index in [9.17, 15) is 0 Å². The fourth-order valence-electron chi connectivity index (χ4n) is 1.57. The Morgan fingerprint density at radius 3 is 2.29 bits per heavy atom. The normalized spacial score (nSPS) is 16.0. The lowest BCUT2D eigenvalue weighted by atomic mass is 10.2. The molecule has 0 rings (SSSR count). The predicted octanol–water partition coefficient (Wildman–Crippen LogP) is 3.11. The Labute approximate surface area is 129 Å². The first-order valence-electron chi connectivity index (χ1n) is 7.81. The lowest BCUT2D eigenvalue weighted by Gasteiger charge is -2.18. The Balaban J connectivity index is 3.45. The van der Waals surface area contributed by atoms with Crippen molar-refractivity contribution < 1.29 is 19.3 Å². The van der Waals surface area contributed by atoms with Crippen LogP contribution in [0.25, 0.3) is 0 Å². The van der Waals surface area contributed by atoms with Gasteiger partial charge in [0.05, 0.1) is 44.7 Å². The summed E-state index contributed by atoms with van der Waals surface area (Å²) < 4.78 is 16.6. The minimum absolute atomic E-state index is 0.0215. The zero-order chi connectivity index (χ0) is 15.9. The molecule has 124 valence electrons. The molecular formula is C17H32O4. The molecule has 0 aromatic carbocycles. The molecule has 0 radical (unpaired) electrons. The quantitative estimate of drug-likeness (QED) is 0.395. The van der Waals surface area contributed by atoms with Gasteiger partial charge >= 0.3 is 0 Å². The second kappa shape index (κ2) is 14.3. The van der Waals surface area contributed by atoms with Crippen LogP contribution in [0.2, 0.25) is 0 Å². The number of aliphatic hydroxyl groups is 1. The number of aliphatic hydroxyl groups excluding tert-OH is 1. The topological polar surface area (TPSA) is 47.9 Å². The van der Waals surface area contributed by atoms with Crippen LogP contribution in [0.5, 0.6) is 0 Å². The Morgan fingerprint density at radius 2 is 1.62 bits per heavy atom. The summed E-state index contributed by atoms with van der Waals surface area (Å²) >= 11 is 0. The summed E-state index contributed by atoms with van der Waals surface area (Å²) in [6, 6.07) is 0. The number of unbranched alkanes of at least 4 members (excludes halogenated alkanes) is 2. The molecule has 0 amide bonds. The third-order valence-electron chi connectivity index (χ3n) is 2.75. The van der Waals surface area contributed by atoms with Gasteiger partial charge in [0.2, 0.25) is 0 Å². The Bertz CT molecular complexity index is 264. The summed E-state index contributed by atoms with van der Waals surface area (Å²) in [6.07, 6.45) is 8.98. The van der Waals surface area contributed by atoms with Gasteiger partial charge in [-0.1, -0.05) is 18.2 Å². The predicted molar refractivity (Wildman–Crippen MR) is 86.5 cm³/mol. The molecule has 4 heteroatoms. The van der Waals surface area contributed by atoms with Gasteiger partial charge in [-0.2, -0.15) is 0 Å². The van der Waals surface area contributed by atoms with E-state index >= 15 is 0 Å². The highest BCUT2D eigenvalue weighted by atomic mass is 16.6. The van der Waals surface area contributed by atoms with Crippen molar-refractivity contribution in [2.24, 2.45) is 0 Å². The summed E-state index contributed by atoms with van der Waals surface area (Å²) in [4.78, 5) is 0. The zero-order valence-corrected chi connectivity index (χ0v) is 13.8. The number of ether oxygens (including phenoxy) is 3. The van der Waals surface area contributed by atoms with Gasteiger partial charge < -0.3 is 19.3 Å². The second-order valence-electron chi connectivity index (χ2n) is 5.37. The molecule has 0 aromatic heterocycles. The van der Waals surface area contributed by atoms with Crippen molar-refractivity contribution >= 4 is 0 Å². The molecule has 0 saturated heterocycles. The van der Waals surface area contributed by atoms with E-state index in [1.54, 1.807) is 6.92 Å². The van der Waals surface area contributed by atoms with Gasteiger partial charge in [-0.3, -0.25) is 0 Å². The first kappa shape index (κ1) is 20.3. The Kier molecular flexibility index (Phi) is 13.8. The van der Waals surface area contributed by atoms with E-state index in [2.05, 4.69) is 12.7 Å². The minimum atomic E-state index is -0.438. The molecule has 0 spiro atoms. The van der Waals surface area contributed by atoms with E-state index in [0.29, 0.717) is 26.4 Å². The first-order valence-corrected chi connectivity index (χ1v) is 7.81. The maximum absolute atomic E-state index is 9.12. The summed E-state index contributed by atoms with van der Waals surface area (Å²) in [5.74, 6) is 0. The molecule has 0 fully saturated rings. The van der Waals surface area contributed by atoms with Gasteiger partial charge in [0.1, 0.15) is 0 Å². The SMILES string of the molecule is C=CCCCC=CCOCC(C)OCC(C)OCC(C)O. The molecular weight excluding hydrogens is 268 g/mol. The van der Waals surface area contributed by atoms with Gasteiger partial charge in [0, 0.05) is 0 Å². The van der Waals surface area contributed by atoms with Gasteiger partial charge in [0.25, 0.3) is 0 Å². The standard InChI is InChI=1S/C17H32O4/c1-5-6-7-8-9-10-11-19-13-16(3)21-14-17(4)20-12-15(2)18/h5,9-10,15-18H,1,6-8,11-14H2,2-4H3. The number of allylic oxidation sites excluding steroid dienone is 2. The molecule has 4 nitrogen and oxygen atoms in total. The van der Waals surface area contributed by atoms with Crippen LogP contribution in [-0.2, 0) is 14.2 Å². The van der Waals surface area contributed by atoms with E-state index in [1.165, 1.54) is 0 Å². The largest absolute Gasteiger partial charge is 0.391 e. The van der Waals surface area contributed by atoms with E-state index in [4.69, 9.17) is 19.3 Å². The van der Waals surface area contributed by atoms with Crippen molar-refractivity contribution in [3.63, 3.8) is 0 Å². The van der Waals surface area contributed by atoms with Crippen molar-refractivity contribution in [1.82, 2.24) is 0 Å². The van der Waals surface area contributed by atoms with Gasteiger partial charge in [-0.05, 0) is 40.0 Å². The van der Waals surface area contributed by atoms with Crippen molar-refractivity contribution in [2.45, 2.75) is 58.3 Å². The highest BCUT2D eigenvalue weighted by molar-refractivity contribution is 4.82. The summed E-state index contributed by atoms with van der Waals surface area (Å²) in [5.41, 5.74) is 0. The van der Waals surface area contributed by atoms with Crippen LogP contribution in [0.3, 0.4) is 0 Å². The van der Waals surface area contributed by atoms with Crippen LogP contribution in [-0.4, -0.2) is 49.8 Å². The summed E-state index contributed by atoms with van der Waals surface area (Å²) in [7, 11) is 0. The molecule has 0 aromatic rings. The smallest absolute Gasteiger partial charge is 0.0781 e. The van der Waals surface area contributed by atoms with Crippen LogP contribution < -0.4 is 0 Å². The molecule has 3 atom stereocenters. The highest BCUT2D eigenvalue weighted by Gasteiger charge is 2.08. The average molecular weight is 300 g/mol. The molecule has 0 aliphatic heterocycles. The zero-order valence-electron chi connectivity index (χ0n) is 13.8. The third kappa shape index (κ3) is 15.5. The first-order chi connectivity index (χ1) is 10.1. The maximum atomic E-state index is 9.12. The second-order valence-corrected chi connectivity index (χ2v) is 5.37. The molecule has 1 N–H and O–H groups in total. The average Bonchev–Trinajstić information content (AvgIpc) is 2.45. The van der Waals surface area contributed by atoms with E-state index in [-0.39, 0.29) is 12.2 Å². The number of rotatable bonds is 14. The lowest BCUT2D eigenvalue weighted by Crippen LogP contribution is -2.25. The molecule has 0 aliphatic carbocycles. The van der Waals surface area contributed by atoms with Gasteiger partial charge in [0.15, 0.2) is 0 Å². The van der Waals surface area contributed by atoms with E-state index < -0.39 is 6.10 Å². The molecule has 0 heterocycles. The molecule has 0 saturated carbocycles. The van der Waals surface area contributed by atoms with Crippen LogP contribution in [0.4, 0.5) is 0 Å². The van der Waals surface area contributed by atoms with Gasteiger partial charge in [-0.15, -0.1) is 6.58 Å². The maximum Gasteiger partial charge on any atom is 0.0781 e. The van der Waals surface area contributed by atoms with Crippen LogP contribution in [0.15, 0.2) is 24.8 Å². The lowest BCUT2D eigenvalue weighted by molar-refractivity contribution is -0.0680. The minimum Gasteiger partial charge on any atom is -0.391 e. The fraction of sp³-hybridized carbons (Fsp3) is 0.765.